The lowest BCUT2D eigenvalue weighted by molar-refractivity contribution is 0.00468. The summed E-state index contributed by atoms with van der Waals surface area (Å²) < 4.78 is 7.33. The van der Waals surface area contributed by atoms with E-state index < -0.39 is 0 Å². The highest BCUT2D eigenvalue weighted by Gasteiger charge is 2.19. The number of hydrogen-bond acceptors (Lipinski definition) is 3. The molecule has 134 valence electrons. The van der Waals surface area contributed by atoms with Gasteiger partial charge in [-0.25, -0.2) is 4.79 Å². The molecule has 0 saturated heterocycles. The van der Waals surface area contributed by atoms with Gasteiger partial charge in [0.05, 0.1) is 12.7 Å². The molecule has 2 atom stereocenters. The average Bonchev–Trinajstić information content (AvgIpc) is 2.93. The van der Waals surface area contributed by atoms with Crippen LogP contribution in [0.1, 0.15) is 48.7 Å². The minimum Gasteiger partial charge on any atom is -0.374 e. The smallest absolute Gasteiger partial charge is 0.325 e. The van der Waals surface area contributed by atoms with Crippen LogP contribution in [-0.2, 0) is 18.4 Å². The van der Waals surface area contributed by atoms with Gasteiger partial charge >= 0.3 is 5.69 Å². The molecule has 1 amide bonds. The van der Waals surface area contributed by atoms with Gasteiger partial charge < -0.3 is 15.0 Å². The molecule has 1 fully saturated rings. The highest BCUT2D eigenvalue weighted by atomic mass is 16.5. The zero-order chi connectivity index (χ0) is 17.8. The molecular formula is C19H25N3O3. The number of amides is 1. The average molecular weight is 343 g/mol. The van der Waals surface area contributed by atoms with Crippen molar-refractivity contribution in [3.8, 4) is 0 Å². The van der Waals surface area contributed by atoms with Crippen molar-refractivity contribution in [2.45, 2.75) is 45.3 Å². The zero-order valence-corrected chi connectivity index (χ0v) is 14.7. The number of hydrogen-bond donors (Lipinski definition) is 2. The third-order valence-corrected chi connectivity index (χ3v) is 4.79. The quantitative estimate of drug-likeness (QED) is 0.876. The van der Waals surface area contributed by atoms with Gasteiger partial charge in [0.2, 0.25) is 0 Å². The van der Waals surface area contributed by atoms with Crippen LogP contribution < -0.4 is 11.0 Å². The molecule has 0 aliphatic heterocycles. The maximum Gasteiger partial charge on any atom is 0.325 e. The fourth-order valence-electron chi connectivity index (χ4n) is 3.33. The summed E-state index contributed by atoms with van der Waals surface area (Å²) in [6, 6.07) is 7.63. The molecule has 2 N–H and O–H groups in total. The summed E-state index contributed by atoms with van der Waals surface area (Å²) in [5, 5.41) is 2.82. The molecule has 0 spiro atoms. The van der Waals surface area contributed by atoms with Crippen LogP contribution in [0.3, 0.4) is 0 Å². The first-order valence-corrected chi connectivity index (χ1v) is 8.79. The van der Waals surface area contributed by atoms with Gasteiger partial charge in [0.1, 0.15) is 5.69 Å². The van der Waals surface area contributed by atoms with E-state index >= 15 is 0 Å². The normalized spacial score (nSPS) is 20.4. The van der Waals surface area contributed by atoms with Crippen molar-refractivity contribution in [2.75, 3.05) is 5.32 Å². The molecule has 6 nitrogen and oxygen atoms in total. The van der Waals surface area contributed by atoms with Crippen molar-refractivity contribution < 1.29 is 9.53 Å². The fraction of sp³-hybridized carbons (Fsp3) is 0.474. The van der Waals surface area contributed by atoms with Gasteiger partial charge in [0.15, 0.2) is 0 Å². The predicted molar refractivity (Wildman–Crippen MR) is 96.6 cm³/mol. The molecule has 25 heavy (non-hydrogen) atoms. The molecule has 2 unspecified atom stereocenters. The van der Waals surface area contributed by atoms with Crippen LogP contribution in [0.5, 0.6) is 0 Å². The minimum absolute atomic E-state index is 0.294. The summed E-state index contributed by atoms with van der Waals surface area (Å²) in [7, 11) is 1.56. The Morgan fingerprint density at radius 2 is 2.24 bits per heavy atom. The van der Waals surface area contributed by atoms with Crippen molar-refractivity contribution in [1.82, 2.24) is 9.55 Å². The Balaban J connectivity index is 1.60. The first kappa shape index (κ1) is 17.5. The van der Waals surface area contributed by atoms with Gasteiger partial charge in [-0.15, -0.1) is 0 Å². The van der Waals surface area contributed by atoms with E-state index in [-0.39, 0.29) is 11.6 Å². The summed E-state index contributed by atoms with van der Waals surface area (Å²) in [4.78, 5) is 26.2. The Morgan fingerprint density at radius 3 is 2.96 bits per heavy atom. The molecule has 2 aromatic rings. The van der Waals surface area contributed by atoms with Crippen molar-refractivity contribution in [3.63, 3.8) is 0 Å². The largest absolute Gasteiger partial charge is 0.374 e. The zero-order valence-electron chi connectivity index (χ0n) is 14.7. The van der Waals surface area contributed by atoms with Crippen molar-refractivity contribution in [1.29, 1.82) is 0 Å². The topological polar surface area (TPSA) is 76.1 Å². The van der Waals surface area contributed by atoms with Gasteiger partial charge in [-0.1, -0.05) is 31.9 Å². The molecule has 6 heteroatoms. The standard InChI is InChI=1S/C19H25N3O3/c1-13-5-3-8-16(9-13)25-12-14-6-4-7-15(10-14)21-18(23)17-11-20-19(24)22(17)2/h4,6-7,10-11,13,16H,3,5,8-9,12H2,1-2H3,(H,20,24)(H,21,23). The van der Waals surface area contributed by atoms with Gasteiger partial charge in [-0.05, 0) is 36.5 Å². The maximum atomic E-state index is 12.3. The number of H-pyrrole nitrogens is 1. The van der Waals surface area contributed by atoms with Crippen LogP contribution >= 0.6 is 0 Å². The van der Waals surface area contributed by atoms with Crippen LogP contribution in [0, 0.1) is 5.92 Å². The predicted octanol–water partition coefficient (Wildman–Crippen LogP) is 3.06. The third-order valence-electron chi connectivity index (χ3n) is 4.79. The summed E-state index contributed by atoms with van der Waals surface area (Å²) in [5.74, 6) is 0.414. The molecule has 1 saturated carbocycles. The molecular weight excluding hydrogens is 318 g/mol. The molecule has 1 heterocycles. The van der Waals surface area contributed by atoms with E-state index in [1.165, 1.54) is 23.6 Å². The minimum atomic E-state index is -0.319. The number of anilines is 1. The second kappa shape index (κ2) is 7.70. The first-order valence-electron chi connectivity index (χ1n) is 8.79. The van der Waals surface area contributed by atoms with Gasteiger partial charge in [0, 0.05) is 18.9 Å². The number of nitrogens with one attached hydrogen (secondary N) is 2. The summed E-state index contributed by atoms with van der Waals surface area (Å²) in [6.45, 7) is 2.82. The number of carbonyl (C=O) groups excluding carboxylic acids is 1. The lowest BCUT2D eigenvalue weighted by Crippen LogP contribution is -2.21. The highest BCUT2D eigenvalue weighted by molar-refractivity contribution is 6.02. The molecule has 1 aromatic carbocycles. The lowest BCUT2D eigenvalue weighted by Gasteiger charge is -2.26. The lowest BCUT2D eigenvalue weighted by atomic mass is 9.89. The molecule has 0 bridgehead atoms. The van der Waals surface area contributed by atoms with E-state index in [2.05, 4.69) is 17.2 Å². The number of ether oxygens (including phenoxy) is 1. The maximum absolute atomic E-state index is 12.3. The number of carbonyl (C=O) groups is 1. The molecule has 1 aliphatic rings. The van der Waals surface area contributed by atoms with E-state index in [0.717, 1.165) is 24.3 Å². The van der Waals surface area contributed by atoms with Gasteiger partial charge in [-0.2, -0.15) is 0 Å². The van der Waals surface area contributed by atoms with Crippen LogP contribution in [0.15, 0.2) is 35.3 Å². The first-order chi connectivity index (χ1) is 12.0. The van der Waals surface area contributed by atoms with Crippen molar-refractivity contribution >= 4 is 11.6 Å². The van der Waals surface area contributed by atoms with Crippen LogP contribution in [0.4, 0.5) is 5.69 Å². The second-order valence-corrected chi connectivity index (χ2v) is 6.90. The molecule has 1 aliphatic carbocycles. The third kappa shape index (κ3) is 4.39. The molecule has 0 radical (unpaired) electrons. The number of aromatic nitrogens is 2. The Bertz CT molecular complexity index is 793. The number of rotatable bonds is 5. The SMILES string of the molecule is CC1CCCC(OCc2cccc(NC(=O)c3c[nH]c(=O)n3C)c2)C1. The molecule has 3 rings (SSSR count). The highest BCUT2D eigenvalue weighted by Crippen LogP contribution is 2.26. The number of benzene rings is 1. The Morgan fingerprint density at radius 1 is 1.40 bits per heavy atom. The summed E-state index contributed by atoms with van der Waals surface area (Å²) in [5.41, 5.74) is 1.70. The van der Waals surface area contributed by atoms with Crippen molar-refractivity contribution in [2.24, 2.45) is 13.0 Å². The van der Waals surface area contributed by atoms with E-state index in [1.807, 2.05) is 24.3 Å². The van der Waals surface area contributed by atoms with Crippen LogP contribution in [0.2, 0.25) is 0 Å². The number of nitrogens with zero attached hydrogens (tertiary/aromatic N) is 1. The van der Waals surface area contributed by atoms with Gasteiger partial charge in [0.25, 0.3) is 5.91 Å². The second-order valence-electron chi connectivity index (χ2n) is 6.90. The van der Waals surface area contributed by atoms with Crippen LogP contribution in [0.25, 0.3) is 0 Å². The Labute approximate surface area is 147 Å². The van der Waals surface area contributed by atoms with Crippen LogP contribution in [-0.4, -0.2) is 21.6 Å². The van der Waals surface area contributed by atoms with Gasteiger partial charge in [-0.3, -0.25) is 9.36 Å². The molecule has 1 aromatic heterocycles. The van der Waals surface area contributed by atoms with E-state index in [0.29, 0.717) is 24.1 Å². The number of aromatic amines is 1. The number of imidazole rings is 1. The Hall–Kier alpha value is -2.34. The monoisotopic (exact) mass is 343 g/mol. The summed E-state index contributed by atoms with van der Waals surface area (Å²) in [6.07, 6.45) is 6.52. The van der Waals surface area contributed by atoms with E-state index in [9.17, 15) is 9.59 Å². The fourth-order valence-corrected chi connectivity index (χ4v) is 3.33. The summed E-state index contributed by atoms with van der Waals surface area (Å²) >= 11 is 0. The van der Waals surface area contributed by atoms with E-state index in [4.69, 9.17) is 4.74 Å². The van der Waals surface area contributed by atoms with E-state index in [1.54, 1.807) is 7.05 Å². The Kier molecular flexibility index (Phi) is 5.38. The van der Waals surface area contributed by atoms with Crippen molar-refractivity contribution in [3.05, 3.63) is 52.2 Å².